The van der Waals surface area contributed by atoms with Crippen LogP contribution in [0.15, 0.2) is 76.0 Å². The second-order valence-corrected chi connectivity index (χ2v) is 6.89. The second kappa shape index (κ2) is 7.19. The Hall–Kier alpha value is -3.60. The quantitative estimate of drug-likeness (QED) is 0.317. The molecule has 5 heteroatoms. The first-order valence-corrected chi connectivity index (χ1v) is 8.97. The van der Waals surface area contributed by atoms with Crippen molar-refractivity contribution < 1.29 is 13.9 Å². The van der Waals surface area contributed by atoms with Crippen molar-refractivity contribution in [2.75, 3.05) is 0 Å². The molecule has 0 saturated heterocycles. The average Bonchev–Trinajstić information content (AvgIpc) is 3.01. The van der Waals surface area contributed by atoms with Gasteiger partial charge in [0.25, 0.3) is 0 Å². The predicted molar refractivity (Wildman–Crippen MR) is 109 cm³/mol. The number of allylic oxidation sites excluding steroid dienone is 1. The van der Waals surface area contributed by atoms with Crippen molar-refractivity contribution >= 4 is 27.8 Å². The minimum atomic E-state index is -0.542. The van der Waals surface area contributed by atoms with Gasteiger partial charge in [0.2, 0.25) is 0 Å². The Kier molecular flexibility index (Phi) is 4.57. The largest absolute Gasteiger partial charge is 0.426 e. The maximum absolute atomic E-state index is 12.5. The van der Waals surface area contributed by atoms with E-state index in [2.05, 4.69) is 23.7 Å². The van der Waals surface area contributed by atoms with Gasteiger partial charge in [-0.15, -0.1) is 0 Å². The summed E-state index contributed by atoms with van der Waals surface area (Å²) in [7, 11) is 0. The van der Waals surface area contributed by atoms with Crippen LogP contribution in [0.4, 0.5) is 0 Å². The van der Waals surface area contributed by atoms with Gasteiger partial charge in [-0.25, -0.2) is 4.79 Å². The minimum absolute atomic E-state index is 0.142. The summed E-state index contributed by atoms with van der Waals surface area (Å²) in [5.41, 5.74) is 4.09. The topological polar surface area (TPSA) is 72.3 Å². The zero-order valence-corrected chi connectivity index (χ0v) is 15.5. The van der Waals surface area contributed by atoms with Crippen LogP contribution in [0.2, 0.25) is 0 Å². The molecule has 0 aliphatic heterocycles. The standard InChI is InChI=1S/C23H19NO4/c1-14(2)11-15-5-3-8-19-16(6-4-7-18(15)19)12-22(25)27-17-9-10-20-21(13-17)28-23(26)24-20/h3-10,13H,1,11-12H2,2H3,(H,24,26). The summed E-state index contributed by atoms with van der Waals surface area (Å²) < 4.78 is 10.5. The molecule has 0 saturated carbocycles. The van der Waals surface area contributed by atoms with E-state index in [1.54, 1.807) is 12.1 Å². The zero-order valence-electron chi connectivity index (χ0n) is 15.5. The molecule has 0 bridgehead atoms. The van der Waals surface area contributed by atoms with E-state index < -0.39 is 5.76 Å². The van der Waals surface area contributed by atoms with E-state index in [1.165, 1.54) is 11.6 Å². The molecule has 140 valence electrons. The van der Waals surface area contributed by atoms with Crippen molar-refractivity contribution in [2.24, 2.45) is 0 Å². The number of H-pyrrole nitrogens is 1. The van der Waals surface area contributed by atoms with Gasteiger partial charge < -0.3 is 9.15 Å². The first-order chi connectivity index (χ1) is 13.5. The van der Waals surface area contributed by atoms with Crippen LogP contribution in [-0.4, -0.2) is 11.0 Å². The van der Waals surface area contributed by atoms with Gasteiger partial charge in [0, 0.05) is 6.07 Å². The van der Waals surface area contributed by atoms with E-state index in [9.17, 15) is 9.59 Å². The smallest absolute Gasteiger partial charge is 0.417 e. The molecule has 28 heavy (non-hydrogen) atoms. The summed E-state index contributed by atoms with van der Waals surface area (Å²) in [6, 6.07) is 16.8. The second-order valence-electron chi connectivity index (χ2n) is 6.89. The molecule has 0 radical (unpaired) electrons. The van der Waals surface area contributed by atoms with E-state index in [1.807, 2.05) is 31.2 Å². The fraction of sp³-hybridized carbons (Fsp3) is 0.130. The lowest BCUT2D eigenvalue weighted by Crippen LogP contribution is -2.11. The van der Waals surface area contributed by atoms with E-state index in [0.29, 0.717) is 16.8 Å². The maximum Gasteiger partial charge on any atom is 0.417 e. The predicted octanol–water partition coefficient (Wildman–Crippen LogP) is 4.54. The van der Waals surface area contributed by atoms with E-state index in [0.717, 1.165) is 28.3 Å². The third-order valence-electron chi connectivity index (χ3n) is 4.55. The monoisotopic (exact) mass is 373 g/mol. The molecule has 0 unspecified atom stereocenters. The van der Waals surface area contributed by atoms with Crippen molar-refractivity contribution in [1.29, 1.82) is 0 Å². The molecule has 4 aromatic rings. The molecule has 0 atom stereocenters. The molecule has 0 aliphatic rings. The Labute approximate surface area is 161 Å². The molecular formula is C23H19NO4. The fourth-order valence-corrected chi connectivity index (χ4v) is 3.39. The summed E-state index contributed by atoms with van der Waals surface area (Å²) in [4.78, 5) is 26.3. The van der Waals surface area contributed by atoms with Crippen LogP contribution in [0, 0.1) is 0 Å². The molecule has 0 amide bonds. The molecule has 0 fully saturated rings. The Morgan fingerprint density at radius 1 is 1.04 bits per heavy atom. The summed E-state index contributed by atoms with van der Waals surface area (Å²) in [5, 5.41) is 2.15. The number of rotatable bonds is 5. The lowest BCUT2D eigenvalue weighted by atomic mass is 9.95. The van der Waals surface area contributed by atoms with Crippen LogP contribution in [0.1, 0.15) is 18.1 Å². The van der Waals surface area contributed by atoms with Crippen LogP contribution in [0.5, 0.6) is 5.75 Å². The molecule has 1 aromatic heterocycles. The maximum atomic E-state index is 12.5. The van der Waals surface area contributed by atoms with Crippen LogP contribution < -0.4 is 10.5 Å². The van der Waals surface area contributed by atoms with E-state index in [4.69, 9.17) is 9.15 Å². The number of esters is 1. The first kappa shape index (κ1) is 17.8. The van der Waals surface area contributed by atoms with Crippen LogP contribution in [0.3, 0.4) is 0 Å². The molecule has 0 aliphatic carbocycles. The molecule has 1 heterocycles. The number of oxazole rings is 1. The van der Waals surface area contributed by atoms with Crippen molar-refractivity contribution in [3.63, 3.8) is 0 Å². The third-order valence-corrected chi connectivity index (χ3v) is 4.55. The van der Waals surface area contributed by atoms with Gasteiger partial charge in [0.15, 0.2) is 5.58 Å². The van der Waals surface area contributed by atoms with Crippen LogP contribution in [-0.2, 0) is 17.6 Å². The van der Waals surface area contributed by atoms with Crippen molar-refractivity contribution in [2.45, 2.75) is 19.8 Å². The average molecular weight is 373 g/mol. The van der Waals surface area contributed by atoms with E-state index in [-0.39, 0.29) is 12.4 Å². The summed E-state index contributed by atoms with van der Waals surface area (Å²) >= 11 is 0. The molecule has 4 rings (SSSR count). The molecular weight excluding hydrogens is 354 g/mol. The molecule has 3 aromatic carbocycles. The van der Waals surface area contributed by atoms with E-state index >= 15 is 0 Å². The van der Waals surface area contributed by atoms with Gasteiger partial charge in [-0.2, -0.15) is 0 Å². The molecule has 1 N–H and O–H groups in total. The van der Waals surface area contributed by atoms with Gasteiger partial charge in [0.05, 0.1) is 11.9 Å². The summed E-state index contributed by atoms with van der Waals surface area (Å²) in [5.74, 6) is -0.585. The first-order valence-electron chi connectivity index (χ1n) is 8.97. The Balaban J connectivity index is 1.59. The molecule has 0 spiro atoms. The van der Waals surface area contributed by atoms with Gasteiger partial charge in [-0.3, -0.25) is 9.78 Å². The third kappa shape index (κ3) is 3.60. The van der Waals surface area contributed by atoms with Crippen LogP contribution >= 0.6 is 0 Å². The number of benzene rings is 3. The Morgan fingerprint density at radius 2 is 1.71 bits per heavy atom. The normalized spacial score (nSPS) is 11.0. The number of fused-ring (bicyclic) bond motifs is 2. The number of carbonyl (C=O) groups is 1. The van der Waals surface area contributed by atoms with Crippen LogP contribution in [0.25, 0.3) is 21.9 Å². The zero-order chi connectivity index (χ0) is 19.7. The van der Waals surface area contributed by atoms with Crippen molar-refractivity contribution in [3.8, 4) is 5.75 Å². The number of nitrogens with one attached hydrogen (secondary N) is 1. The highest BCUT2D eigenvalue weighted by Gasteiger charge is 2.12. The highest BCUT2D eigenvalue weighted by molar-refractivity contribution is 5.92. The summed E-state index contributed by atoms with van der Waals surface area (Å²) in [6.07, 6.45) is 0.941. The van der Waals surface area contributed by atoms with Gasteiger partial charge in [-0.05, 0) is 47.4 Å². The number of aromatic amines is 1. The number of aromatic nitrogens is 1. The number of ether oxygens (including phenoxy) is 1. The highest BCUT2D eigenvalue weighted by atomic mass is 16.5. The lowest BCUT2D eigenvalue weighted by molar-refractivity contribution is -0.133. The van der Waals surface area contributed by atoms with Gasteiger partial charge in [0.1, 0.15) is 5.75 Å². The minimum Gasteiger partial charge on any atom is -0.426 e. The Bertz CT molecular complexity index is 1260. The van der Waals surface area contributed by atoms with Crippen molar-refractivity contribution in [1.82, 2.24) is 4.98 Å². The summed E-state index contributed by atoms with van der Waals surface area (Å²) in [6.45, 7) is 6.00. The SMILES string of the molecule is C=C(C)Cc1cccc2c(CC(=O)Oc3ccc4[nH]c(=O)oc4c3)cccc12. The fourth-order valence-electron chi connectivity index (χ4n) is 3.39. The van der Waals surface area contributed by atoms with Gasteiger partial charge >= 0.3 is 11.7 Å². The number of hydrogen-bond donors (Lipinski definition) is 1. The Morgan fingerprint density at radius 3 is 2.39 bits per heavy atom. The van der Waals surface area contributed by atoms with Gasteiger partial charge in [-0.1, -0.05) is 48.6 Å². The molecule has 5 nitrogen and oxygen atoms in total. The highest BCUT2D eigenvalue weighted by Crippen LogP contribution is 2.25. The lowest BCUT2D eigenvalue weighted by Gasteiger charge is -2.11. The number of carbonyl (C=O) groups excluding carboxylic acids is 1. The number of hydrogen-bond acceptors (Lipinski definition) is 4. The van der Waals surface area contributed by atoms with Crippen molar-refractivity contribution in [3.05, 3.63) is 88.4 Å².